The highest BCUT2D eigenvalue weighted by molar-refractivity contribution is 9.10. The minimum atomic E-state index is -0.627. The van der Waals surface area contributed by atoms with Gasteiger partial charge in [0.25, 0.3) is 5.91 Å². The lowest BCUT2D eigenvalue weighted by molar-refractivity contribution is 0.102. The van der Waals surface area contributed by atoms with Gasteiger partial charge in [-0.15, -0.1) is 0 Å². The van der Waals surface area contributed by atoms with Gasteiger partial charge >= 0.3 is 0 Å². The Kier molecular flexibility index (Phi) is 4.38. The highest BCUT2D eigenvalue weighted by atomic mass is 79.9. The predicted molar refractivity (Wildman–Crippen MR) is 78.2 cm³/mol. The maximum atomic E-state index is 13.2. The molecule has 2 aromatic carbocycles. The second-order valence-corrected chi connectivity index (χ2v) is 5.18. The smallest absolute Gasteiger partial charge is 0.256 e. The van der Waals surface area contributed by atoms with E-state index < -0.39 is 5.82 Å². The number of carbonyl (C=O) groups is 1. The molecule has 0 aliphatic rings. The molecule has 0 aliphatic heterocycles. The van der Waals surface area contributed by atoms with Crippen molar-refractivity contribution in [3.63, 3.8) is 0 Å². The Labute approximate surface area is 128 Å². The van der Waals surface area contributed by atoms with Crippen LogP contribution in [-0.2, 0) is 0 Å². The van der Waals surface area contributed by atoms with Crippen molar-refractivity contribution >= 4 is 39.1 Å². The third-order valence-electron chi connectivity index (χ3n) is 2.52. The highest BCUT2D eigenvalue weighted by Crippen LogP contribution is 2.23. The molecule has 0 atom stereocenters. The molecular weight excluding hydrogens is 347 g/mol. The molecule has 1 amide bonds. The van der Waals surface area contributed by atoms with Crippen molar-refractivity contribution in [3.05, 3.63) is 62.8 Å². The zero-order valence-corrected chi connectivity index (χ0v) is 12.3. The SMILES string of the molecule is N#Cc1cc(NC(=O)c2ccc(Cl)cc2Br)ccc1F. The Balaban J connectivity index is 2.26. The lowest BCUT2D eigenvalue weighted by atomic mass is 10.2. The molecule has 0 aromatic heterocycles. The van der Waals surface area contributed by atoms with Crippen molar-refractivity contribution in [1.29, 1.82) is 5.26 Å². The van der Waals surface area contributed by atoms with Crippen LogP contribution in [0.3, 0.4) is 0 Å². The number of benzene rings is 2. The van der Waals surface area contributed by atoms with E-state index in [-0.39, 0.29) is 11.5 Å². The number of hydrogen-bond donors (Lipinski definition) is 1. The summed E-state index contributed by atoms with van der Waals surface area (Å²) < 4.78 is 13.7. The molecule has 0 radical (unpaired) electrons. The van der Waals surface area contributed by atoms with Crippen LogP contribution in [0, 0.1) is 17.1 Å². The Morgan fingerprint density at radius 1 is 1.30 bits per heavy atom. The molecule has 100 valence electrons. The van der Waals surface area contributed by atoms with Gasteiger partial charge in [-0.1, -0.05) is 11.6 Å². The number of amides is 1. The summed E-state index contributed by atoms with van der Waals surface area (Å²) in [6.45, 7) is 0. The van der Waals surface area contributed by atoms with Crippen LogP contribution in [0.1, 0.15) is 15.9 Å². The first-order valence-electron chi connectivity index (χ1n) is 5.47. The number of nitrogens with zero attached hydrogens (tertiary/aromatic N) is 1. The first-order chi connectivity index (χ1) is 9.51. The van der Waals surface area contributed by atoms with Crippen molar-refractivity contribution in [2.75, 3.05) is 5.32 Å². The van der Waals surface area contributed by atoms with Gasteiger partial charge in [0.2, 0.25) is 0 Å². The molecule has 0 bridgehead atoms. The molecule has 1 N–H and O–H groups in total. The Bertz CT molecular complexity index is 728. The molecule has 0 aliphatic carbocycles. The summed E-state index contributed by atoms with van der Waals surface area (Å²) in [5.41, 5.74) is 0.602. The summed E-state index contributed by atoms with van der Waals surface area (Å²) in [5, 5.41) is 11.8. The van der Waals surface area contributed by atoms with Crippen molar-refractivity contribution in [2.45, 2.75) is 0 Å². The van der Waals surface area contributed by atoms with Crippen LogP contribution in [0.25, 0.3) is 0 Å². The molecule has 0 heterocycles. The molecule has 2 aromatic rings. The fourth-order valence-electron chi connectivity index (χ4n) is 1.56. The zero-order valence-electron chi connectivity index (χ0n) is 9.95. The molecule has 20 heavy (non-hydrogen) atoms. The molecule has 0 spiro atoms. The monoisotopic (exact) mass is 352 g/mol. The van der Waals surface area contributed by atoms with Crippen LogP contribution in [0.5, 0.6) is 0 Å². The average Bonchev–Trinajstić information content (AvgIpc) is 2.40. The van der Waals surface area contributed by atoms with Gasteiger partial charge in [0, 0.05) is 15.2 Å². The Morgan fingerprint density at radius 2 is 2.05 bits per heavy atom. The first kappa shape index (κ1) is 14.5. The standard InChI is InChI=1S/C14H7BrClFN2O/c15-12-6-9(16)1-3-11(12)14(20)19-10-2-4-13(17)8(5-10)7-18/h1-6H,(H,19,20). The maximum Gasteiger partial charge on any atom is 0.256 e. The highest BCUT2D eigenvalue weighted by Gasteiger charge is 2.11. The van der Waals surface area contributed by atoms with Gasteiger partial charge in [0.15, 0.2) is 0 Å². The number of nitrogens with one attached hydrogen (secondary N) is 1. The van der Waals surface area contributed by atoms with E-state index >= 15 is 0 Å². The van der Waals surface area contributed by atoms with Crippen LogP contribution in [-0.4, -0.2) is 5.91 Å². The molecule has 3 nitrogen and oxygen atoms in total. The summed E-state index contributed by atoms with van der Waals surface area (Å²) in [7, 11) is 0. The molecule has 0 saturated heterocycles. The summed E-state index contributed by atoms with van der Waals surface area (Å²) in [4.78, 5) is 12.1. The second-order valence-electron chi connectivity index (χ2n) is 3.88. The third kappa shape index (κ3) is 3.16. The molecule has 0 unspecified atom stereocenters. The van der Waals surface area contributed by atoms with E-state index in [4.69, 9.17) is 16.9 Å². The molecule has 0 fully saturated rings. The second kappa shape index (κ2) is 6.04. The van der Waals surface area contributed by atoms with E-state index in [1.807, 2.05) is 0 Å². The van der Waals surface area contributed by atoms with E-state index in [0.29, 0.717) is 20.7 Å². The minimum Gasteiger partial charge on any atom is -0.322 e. The fraction of sp³-hybridized carbons (Fsp3) is 0. The van der Waals surface area contributed by atoms with Gasteiger partial charge in [-0.25, -0.2) is 4.39 Å². The number of hydrogen-bond acceptors (Lipinski definition) is 2. The molecule has 2 rings (SSSR count). The zero-order chi connectivity index (χ0) is 14.7. The van der Waals surface area contributed by atoms with Crippen LogP contribution in [0.15, 0.2) is 40.9 Å². The quantitative estimate of drug-likeness (QED) is 0.872. The van der Waals surface area contributed by atoms with E-state index in [0.717, 1.165) is 6.07 Å². The minimum absolute atomic E-state index is 0.127. The van der Waals surface area contributed by atoms with E-state index in [9.17, 15) is 9.18 Å². The third-order valence-corrected chi connectivity index (χ3v) is 3.41. The predicted octanol–water partition coefficient (Wildman–Crippen LogP) is 4.37. The van der Waals surface area contributed by atoms with Crippen molar-refractivity contribution in [2.24, 2.45) is 0 Å². The Morgan fingerprint density at radius 3 is 2.70 bits per heavy atom. The lowest BCUT2D eigenvalue weighted by Gasteiger charge is -2.07. The first-order valence-corrected chi connectivity index (χ1v) is 6.64. The topological polar surface area (TPSA) is 52.9 Å². The van der Waals surface area contributed by atoms with E-state index in [2.05, 4.69) is 21.2 Å². The Hall–Kier alpha value is -1.90. The summed E-state index contributed by atoms with van der Waals surface area (Å²) in [6.07, 6.45) is 0. The van der Waals surface area contributed by atoms with Crippen molar-refractivity contribution in [3.8, 4) is 6.07 Å². The summed E-state index contributed by atoms with van der Waals surface area (Å²) >= 11 is 9.04. The van der Waals surface area contributed by atoms with Gasteiger partial charge in [-0.05, 0) is 52.3 Å². The van der Waals surface area contributed by atoms with Crippen LogP contribution < -0.4 is 5.32 Å². The molecule has 6 heteroatoms. The molecular formula is C14H7BrClFN2O. The number of halogens is 3. The fourth-order valence-corrected chi connectivity index (χ4v) is 2.42. The van der Waals surface area contributed by atoms with Gasteiger partial charge in [-0.2, -0.15) is 5.26 Å². The summed E-state index contributed by atoms with van der Waals surface area (Å²) in [5.74, 6) is -1.01. The van der Waals surface area contributed by atoms with Gasteiger partial charge < -0.3 is 5.32 Å². The largest absolute Gasteiger partial charge is 0.322 e. The lowest BCUT2D eigenvalue weighted by Crippen LogP contribution is -2.12. The van der Waals surface area contributed by atoms with Gasteiger partial charge in [0.05, 0.1) is 11.1 Å². The van der Waals surface area contributed by atoms with Gasteiger partial charge in [0.1, 0.15) is 11.9 Å². The van der Waals surface area contributed by atoms with Gasteiger partial charge in [-0.3, -0.25) is 4.79 Å². The van der Waals surface area contributed by atoms with Crippen LogP contribution >= 0.6 is 27.5 Å². The summed E-state index contributed by atoms with van der Waals surface area (Å²) in [6, 6.07) is 10.3. The number of rotatable bonds is 2. The molecule has 0 saturated carbocycles. The number of anilines is 1. The van der Waals surface area contributed by atoms with E-state index in [1.165, 1.54) is 12.1 Å². The van der Waals surface area contributed by atoms with Crippen molar-refractivity contribution in [1.82, 2.24) is 0 Å². The van der Waals surface area contributed by atoms with E-state index in [1.54, 1.807) is 24.3 Å². The average molecular weight is 354 g/mol. The van der Waals surface area contributed by atoms with Crippen molar-refractivity contribution < 1.29 is 9.18 Å². The van der Waals surface area contributed by atoms with Crippen LogP contribution in [0.2, 0.25) is 5.02 Å². The van der Waals surface area contributed by atoms with Crippen LogP contribution in [0.4, 0.5) is 10.1 Å². The normalized spacial score (nSPS) is 9.90. The maximum absolute atomic E-state index is 13.2. The number of nitriles is 1. The number of carbonyl (C=O) groups excluding carboxylic acids is 1.